The van der Waals surface area contributed by atoms with E-state index in [-0.39, 0.29) is 5.78 Å². The third kappa shape index (κ3) is 3.40. The van der Waals surface area contributed by atoms with Crippen molar-refractivity contribution < 1.29 is 13.9 Å². The predicted molar refractivity (Wildman–Crippen MR) is 76.6 cm³/mol. The van der Waals surface area contributed by atoms with Gasteiger partial charge in [-0.25, -0.2) is 0 Å². The summed E-state index contributed by atoms with van der Waals surface area (Å²) in [7, 11) is -2.19. The Bertz CT molecular complexity index is 576. The Labute approximate surface area is 113 Å². The van der Waals surface area contributed by atoms with Gasteiger partial charge in [-0.2, -0.15) is 0 Å². The summed E-state index contributed by atoms with van der Waals surface area (Å²) in [5, 5.41) is 0.636. The summed E-state index contributed by atoms with van der Waals surface area (Å²) in [6.07, 6.45) is 0. The van der Waals surface area contributed by atoms with Gasteiger partial charge in [-0.05, 0) is 19.1 Å². The van der Waals surface area contributed by atoms with Crippen molar-refractivity contribution >= 4 is 19.1 Å². The molecule has 2 rings (SSSR count). The molecule has 0 N–H and O–H groups in total. The smallest absolute Gasteiger partial charge is 0.220 e. The van der Waals surface area contributed by atoms with Gasteiger partial charge in [0, 0.05) is 16.4 Å². The van der Waals surface area contributed by atoms with E-state index in [1.54, 1.807) is 43.3 Å². The van der Waals surface area contributed by atoms with Gasteiger partial charge in [0.05, 0.1) is 6.61 Å². The molecule has 0 spiro atoms. The molecule has 0 bridgehead atoms. The molecule has 0 aromatic heterocycles. The van der Waals surface area contributed by atoms with Crippen LogP contribution < -0.4 is 5.30 Å². The van der Waals surface area contributed by atoms with Crippen LogP contribution in [-0.2, 0) is 9.09 Å². The molecule has 1 atom stereocenters. The second kappa shape index (κ2) is 6.46. The van der Waals surface area contributed by atoms with E-state index in [9.17, 15) is 9.36 Å². The predicted octanol–water partition coefficient (Wildman–Crippen LogP) is 3.05. The quantitative estimate of drug-likeness (QED) is 0.621. The fourth-order valence-corrected chi connectivity index (χ4v) is 2.60. The van der Waals surface area contributed by atoms with E-state index >= 15 is 0 Å². The van der Waals surface area contributed by atoms with Crippen molar-refractivity contribution in [2.75, 3.05) is 6.61 Å². The minimum atomic E-state index is -2.19. The van der Waals surface area contributed by atoms with Crippen LogP contribution in [0.3, 0.4) is 0 Å². The molecule has 98 valence electrons. The van der Waals surface area contributed by atoms with E-state index in [1.165, 1.54) is 0 Å². The number of hydrogen-bond donors (Lipinski definition) is 0. The van der Waals surface area contributed by atoms with Crippen molar-refractivity contribution in [2.45, 2.75) is 6.92 Å². The summed E-state index contributed by atoms with van der Waals surface area (Å²) in [6.45, 7) is 2.22. The number of rotatable bonds is 5. The third-order valence-corrected chi connectivity index (χ3v) is 4.05. The van der Waals surface area contributed by atoms with Gasteiger partial charge in [0.1, 0.15) is 0 Å². The van der Waals surface area contributed by atoms with Crippen molar-refractivity contribution in [1.29, 1.82) is 0 Å². The van der Waals surface area contributed by atoms with Crippen LogP contribution in [-0.4, -0.2) is 12.4 Å². The summed E-state index contributed by atoms with van der Waals surface area (Å²) >= 11 is 0. The molecule has 4 heteroatoms. The molecule has 1 unspecified atom stereocenters. The maximum Gasteiger partial charge on any atom is 0.220 e. The van der Waals surface area contributed by atoms with Gasteiger partial charge in [0.25, 0.3) is 0 Å². The highest BCUT2D eigenvalue weighted by Crippen LogP contribution is 2.21. The molecule has 0 aliphatic rings. The molecule has 19 heavy (non-hydrogen) atoms. The monoisotopic (exact) mass is 274 g/mol. The molecule has 0 radical (unpaired) electrons. The van der Waals surface area contributed by atoms with Gasteiger partial charge < -0.3 is 4.52 Å². The Morgan fingerprint density at radius 1 is 1.00 bits per heavy atom. The van der Waals surface area contributed by atoms with E-state index in [0.717, 1.165) is 0 Å². The SMILES string of the molecule is CCO[PH](=O)c1ccc(C(=O)c2ccccc2)cc1. The second-order valence-electron chi connectivity index (χ2n) is 3.99. The van der Waals surface area contributed by atoms with Crippen LogP contribution in [0.1, 0.15) is 22.8 Å². The fourth-order valence-electron chi connectivity index (χ4n) is 1.73. The lowest BCUT2D eigenvalue weighted by Crippen LogP contribution is -2.04. The molecule has 0 fully saturated rings. The van der Waals surface area contributed by atoms with Gasteiger partial charge in [0.2, 0.25) is 8.03 Å². The lowest BCUT2D eigenvalue weighted by Gasteiger charge is -2.04. The van der Waals surface area contributed by atoms with Crippen molar-refractivity contribution in [1.82, 2.24) is 0 Å². The van der Waals surface area contributed by atoms with E-state index in [1.807, 2.05) is 18.2 Å². The first-order chi connectivity index (χ1) is 9.22. The van der Waals surface area contributed by atoms with Crippen molar-refractivity contribution in [3.8, 4) is 0 Å². The largest absolute Gasteiger partial charge is 0.328 e. The Balaban J connectivity index is 2.19. The number of carbonyl (C=O) groups excluding carboxylic acids is 1. The van der Waals surface area contributed by atoms with Crippen molar-refractivity contribution in [3.05, 3.63) is 65.7 Å². The molecule has 2 aromatic carbocycles. The maximum absolute atomic E-state index is 12.2. The first kappa shape index (κ1) is 13.7. The number of hydrogen-bond acceptors (Lipinski definition) is 3. The van der Waals surface area contributed by atoms with Gasteiger partial charge in [-0.3, -0.25) is 9.36 Å². The molecule has 0 aliphatic heterocycles. The molecular formula is C15H15O3P. The highest BCUT2D eigenvalue weighted by molar-refractivity contribution is 7.48. The van der Waals surface area contributed by atoms with Crippen LogP contribution >= 0.6 is 8.03 Å². The van der Waals surface area contributed by atoms with E-state index in [4.69, 9.17) is 4.52 Å². The van der Waals surface area contributed by atoms with Gasteiger partial charge in [-0.15, -0.1) is 0 Å². The average Bonchev–Trinajstić information content (AvgIpc) is 2.48. The molecule has 2 aromatic rings. The number of benzene rings is 2. The van der Waals surface area contributed by atoms with Crippen LogP contribution in [0.4, 0.5) is 0 Å². The molecular weight excluding hydrogens is 259 g/mol. The summed E-state index contributed by atoms with van der Waals surface area (Å²) in [6, 6.07) is 15.8. The van der Waals surface area contributed by atoms with E-state index < -0.39 is 8.03 Å². The Morgan fingerprint density at radius 2 is 1.58 bits per heavy atom. The van der Waals surface area contributed by atoms with Crippen LogP contribution in [0.25, 0.3) is 0 Å². The minimum absolute atomic E-state index is 0.0387. The Kier molecular flexibility index (Phi) is 4.67. The highest BCUT2D eigenvalue weighted by atomic mass is 31.1. The number of carbonyl (C=O) groups is 1. The Hall–Kier alpha value is -1.70. The third-order valence-electron chi connectivity index (χ3n) is 2.69. The zero-order chi connectivity index (χ0) is 13.7. The summed E-state index contributed by atoms with van der Waals surface area (Å²) < 4.78 is 16.7. The normalized spacial score (nSPS) is 12.1. The van der Waals surface area contributed by atoms with Gasteiger partial charge in [0.15, 0.2) is 5.78 Å². The zero-order valence-corrected chi connectivity index (χ0v) is 11.6. The molecule has 0 aliphatic carbocycles. The van der Waals surface area contributed by atoms with Gasteiger partial charge >= 0.3 is 0 Å². The van der Waals surface area contributed by atoms with Crippen molar-refractivity contribution in [2.24, 2.45) is 0 Å². The standard InChI is InChI=1S/C15H15O3P/c1-2-18-19(17)14-10-8-13(9-11-14)15(16)12-6-4-3-5-7-12/h3-11,19H,2H2,1H3. The van der Waals surface area contributed by atoms with Crippen LogP contribution in [0, 0.1) is 0 Å². The maximum atomic E-state index is 12.2. The Morgan fingerprint density at radius 3 is 2.16 bits per heavy atom. The second-order valence-corrected chi connectivity index (χ2v) is 5.43. The molecule has 0 saturated heterocycles. The molecule has 0 saturated carbocycles. The highest BCUT2D eigenvalue weighted by Gasteiger charge is 2.09. The average molecular weight is 274 g/mol. The van der Waals surface area contributed by atoms with Gasteiger partial charge in [-0.1, -0.05) is 42.5 Å². The first-order valence-corrected chi connectivity index (χ1v) is 7.41. The zero-order valence-electron chi connectivity index (χ0n) is 10.6. The van der Waals surface area contributed by atoms with Crippen LogP contribution in [0.15, 0.2) is 54.6 Å². The summed E-state index contributed by atoms with van der Waals surface area (Å²) in [5.41, 5.74) is 1.23. The van der Waals surface area contributed by atoms with E-state index in [2.05, 4.69) is 0 Å². The summed E-state index contributed by atoms with van der Waals surface area (Å²) in [5.74, 6) is -0.0387. The number of ketones is 1. The lowest BCUT2D eigenvalue weighted by molar-refractivity contribution is 0.103. The van der Waals surface area contributed by atoms with Crippen LogP contribution in [0.5, 0.6) is 0 Å². The molecule has 0 amide bonds. The minimum Gasteiger partial charge on any atom is -0.328 e. The van der Waals surface area contributed by atoms with Crippen molar-refractivity contribution in [3.63, 3.8) is 0 Å². The van der Waals surface area contributed by atoms with Crippen LogP contribution in [0.2, 0.25) is 0 Å². The summed E-state index contributed by atoms with van der Waals surface area (Å²) in [4.78, 5) is 12.2. The fraction of sp³-hybridized carbons (Fsp3) is 0.133. The topological polar surface area (TPSA) is 43.4 Å². The first-order valence-electron chi connectivity index (χ1n) is 6.09. The lowest BCUT2D eigenvalue weighted by atomic mass is 10.0. The van der Waals surface area contributed by atoms with E-state index in [0.29, 0.717) is 23.0 Å². The molecule has 3 nitrogen and oxygen atoms in total. The molecule has 0 heterocycles.